The molecule has 0 aliphatic heterocycles. The van der Waals surface area contributed by atoms with Gasteiger partial charge in [0, 0.05) is 16.7 Å². The van der Waals surface area contributed by atoms with Gasteiger partial charge in [-0.15, -0.1) is 11.3 Å². The Bertz CT molecular complexity index is 1520. The first-order valence-electron chi connectivity index (χ1n) is 21.4. The van der Waals surface area contributed by atoms with Crippen LogP contribution in [0.2, 0.25) is 54.4 Å². The first-order valence-corrected chi connectivity index (χ1v) is 31.0. The van der Waals surface area contributed by atoms with E-state index in [1.807, 2.05) is 27.7 Å². The summed E-state index contributed by atoms with van der Waals surface area (Å²) in [6.07, 6.45) is 7.42. The van der Waals surface area contributed by atoms with Crippen molar-refractivity contribution < 1.29 is 27.6 Å². The van der Waals surface area contributed by atoms with Gasteiger partial charge < -0.3 is 18.0 Å². The number of carbonyl (C=O) groups excluding carboxylic acids is 2. The van der Waals surface area contributed by atoms with E-state index in [0.717, 1.165) is 36.4 Å². The highest BCUT2D eigenvalue weighted by Crippen LogP contribution is 2.44. The Hall–Kier alpha value is -1.22. The van der Waals surface area contributed by atoms with Crippen molar-refractivity contribution >= 4 is 54.1 Å². The first-order chi connectivity index (χ1) is 25.5. The minimum Gasteiger partial charge on any atom is -0.469 e. The largest absolute Gasteiger partial charge is 0.469 e. The number of allylic oxidation sites excluding steroid dienone is 1. The molecule has 0 saturated heterocycles. The van der Waals surface area contributed by atoms with Gasteiger partial charge in [0.05, 0.1) is 42.5 Å². The minimum absolute atomic E-state index is 0.0111. The maximum Gasteiger partial charge on any atom is 0.308 e. The summed E-state index contributed by atoms with van der Waals surface area (Å²) in [6.45, 7) is 48.4. The fourth-order valence-corrected chi connectivity index (χ4v) is 11.1. The average molecular weight is 867 g/mol. The predicted molar refractivity (Wildman–Crippen MR) is 253 cm³/mol. The highest BCUT2D eigenvalue weighted by Gasteiger charge is 2.50. The Morgan fingerprint density at radius 2 is 1.30 bits per heavy atom. The maximum atomic E-state index is 14.8. The lowest BCUT2D eigenvalue weighted by atomic mass is 9.73. The van der Waals surface area contributed by atoms with Crippen LogP contribution in [0.5, 0.6) is 0 Å². The summed E-state index contributed by atoms with van der Waals surface area (Å²) < 4.78 is 26.3. The van der Waals surface area contributed by atoms with Crippen LogP contribution < -0.4 is 0 Å². The molecule has 0 aliphatic carbocycles. The molecular weight excluding hydrogens is 779 g/mol. The third-order valence-corrected chi connectivity index (χ3v) is 27.9. The summed E-state index contributed by atoms with van der Waals surface area (Å²) in [5.41, 5.74) is 2.62. The number of thiazole rings is 1. The molecule has 57 heavy (non-hydrogen) atoms. The van der Waals surface area contributed by atoms with E-state index >= 15 is 0 Å². The highest BCUT2D eigenvalue weighted by molar-refractivity contribution is 7.09. The van der Waals surface area contributed by atoms with Crippen LogP contribution in [0.25, 0.3) is 6.08 Å². The molecule has 0 unspecified atom stereocenters. The Kier molecular flexibility index (Phi) is 19.4. The number of esters is 1. The van der Waals surface area contributed by atoms with Crippen molar-refractivity contribution in [1.82, 2.24) is 4.98 Å². The number of nitrogens with zero attached hydrogens (tertiary/aromatic N) is 1. The fourth-order valence-electron chi connectivity index (χ4n) is 6.24. The molecule has 5 atom stereocenters. The topological polar surface area (TPSA) is 84.0 Å². The van der Waals surface area contributed by atoms with Crippen molar-refractivity contribution in [1.29, 1.82) is 0 Å². The van der Waals surface area contributed by atoms with Crippen molar-refractivity contribution in [2.24, 2.45) is 17.3 Å². The Balaban J connectivity index is 3.40. The van der Waals surface area contributed by atoms with Gasteiger partial charge in [-0.05, 0) is 118 Å². The lowest BCUT2D eigenvalue weighted by Gasteiger charge is -2.46. The van der Waals surface area contributed by atoms with Crippen molar-refractivity contribution in [3.8, 4) is 0 Å². The van der Waals surface area contributed by atoms with Crippen molar-refractivity contribution in [2.45, 2.75) is 216 Å². The molecule has 1 aromatic rings. The Labute approximate surface area is 358 Å². The molecule has 0 amide bonds. The molecule has 1 rings (SSSR count). The van der Waals surface area contributed by atoms with Crippen LogP contribution in [0.3, 0.4) is 0 Å². The van der Waals surface area contributed by atoms with Gasteiger partial charge in [-0.25, -0.2) is 4.98 Å². The number of ether oxygens (including phenoxy) is 1. The summed E-state index contributed by atoms with van der Waals surface area (Å²) in [4.78, 5) is 32.3. The van der Waals surface area contributed by atoms with Gasteiger partial charge in [0.25, 0.3) is 0 Å². The molecular formula is C46H87NO6SSi3. The molecule has 0 N–H and O–H groups in total. The monoisotopic (exact) mass is 866 g/mol. The third-order valence-electron chi connectivity index (χ3n) is 13.6. The molecule has 0 saturated carbocycles. The van der Waals surface area contributed by atoms with Crippen LogP contribution in [0.15, 0.2) is 22.6 Å². The van der Waals surface area contributed by atoms with Crippen molar-refractivity contribution in [3.63, 3.8) is 0 Å². The number of aromatic nitrogens is 1. The maximum absolute atomic E-state index is 14.8. The van der Waals surface area contributed by atoms with Crippen molar-refractivity contribution in [3.05, 3.63) is 33.3 Å². The number of hydrogen-bond donors (Lipinski definition) is 0. The van der Waals surface area contributed by atoms with E-state index in [9.17, 15) is 9.59 Å². The van der Waals surface area contributed by atoms with Gasteiger partial charge in [-0.2, -0.15) is 0 Å². The van der Waals surface area contributed by atoms with Crippen LogP contribution in [0.1, 0.15) is 147 Å². The second-order valence-electron chi connectivity index (χ2n) is 22.1. The second-order valence-corrected chi connectivity index (χ2v) is 37.4. The van der Waals surface area contributed by atoms with E-state index < -0.39 is 42.4 Å². The average Bonchev–Trinajstić information content (AvgIpc) is 3.46. The molecule has 1 heterocycles. The number of ketones is 1. The zero-order valence-corrected chi connectivity index (χ0v) is 44.8. The molecule has 0 aliphatic rings. The molecule has 11 heteroatoms. The number of carbonyl (C=O) groups is 2. The van der Waals surface area contributed by atoms with E-state index in [4.69, 9.17) is 23.0 Å². The number of methoxy groups -OCH3 is 1. The van der Waals surface area contributed by atoms with Crippen LogP contribution in [0.4, 0.5) is 0 Å². The summed E-state index contributed by atoms with van der Waals surface area (Å²) in [5, 5.41) is 3.19. The van der Waals surface area contributed by atoms with E-state index in [-0.39, 0.29) is 51.4 Å². The van der Waals surface area contributed by atoms with E-state index in [1.165, 1.54) is 18.3 Å². The van der Waals surface area contributed by atoms with Crippen LogP contribution in [-0.2, 0) is 27.6 Å². The Morgan fingerprint density at radius 3 is 1.75 bits per heavy atom. The van der Waals surface area contributed by atoms with Gasteiger partial charge in [0.1, 0.15) is 5.78 Å². The van der Waals surface area contributed by atoms with Crippen LogP contribution >= 0.6 is 11.3 Å². The van der Waals surface area contributed by atoms with Gasteiger partial charge in [0.2, 0.25) is 0 Å². The first kappa shape index (κ1) is 53.8. The molecule has 7 nitrogen and oxygen atoms in total. The highest BCUT2D eigenvalue weighted by atomic mass is 32.1. The number of hydrogen-bond acceptors (Lipinski definition) is 8. The molecule has 1 aromatic heterocycles. The third kappa shape index (κ3) is 15.6. The van der Waals surface area contributed by atoms with E-state index in [0.29, 0.717) is 0 Å². The molecule has 330 valence electrons. The smallest absolute Gasteiger partial charge is 0.308 e. The zero-order chi connectivity index (χ0) is 44.8. The van der Waals surface area contributed by atoms with Crippen LogP contribution in [0, 0.1) is 24.2 Å². The number of Topliss-reactive ketones (excluding diaryl/α,β-unsaturated/α-hetero) is 1. The quantitative estimate of drug-likeness (QED) is 0.0691. The van der Waals surface area contributed by atoms with Gasteiger partial charge >= 0.3 is 5.97 Å². The summed E-state index contributed by atoms with van der Waals surface area (Å²) in [7, 11) is -5.23. The standard InChI is InChI=1S/C46H87NO6SSi3/c1-32(27-28-38(51-55(18,19)43(6,7)8)34(3)29-37-31-54-36(5)47-37)25-24-26-33(2)41(53-57(22,23)45(12,13)14)35(4)42(49)46(15,16)39(30-40(48)50-17)52-56(20,21)44(9,10)11/h27,29,31,33,35,38-39,41H,24-26,28,30H2,1-23H3/b32-27-,34-29+/t33-,35+,38-,39-,41-/m0/s1. The van der Waals surface area contributed by atoms with Gasteiger partial charge in [-0.3, -0.25) is 9.59 Å². The molecule has 0 spiro atoms. The SMILES string of the molecule is COC(=O)C[C@H](O[Si](C)(C)C(C)(C)C)C(C)(C)C(=O)[C@H](C)[C@@H](O[Si](C)(C)C(C)(C)C)[C@@H](C)CCC/C(C)=C\C[C@H](O[Si](C)(C)C(C)(C)C)/C(C)=C/c1csc(C)n1. The lowest BCUT2D eigenvalue weighted by molar-refractivity contribution is -0.148. The van der Waals surface area contributed by atoms with Gasteiger partial charge in [0.15, 0.2) is 25.0 Å². The zero-order valence-electron chi connectivity index (χ0n) is 41.0. The normalized spacial score (nSPS) is 17.2. The summed E-state index contributed by atoms with van der Waals surface area (Å²) >= 11 is 1.68. The van der Waals surface area contributed by atoms with Crippen molar-refractivity contribution in [2.75, 3.05) is 7.11 Å². The number of rotatable bonds is 21. The van der Waals surface area contributed by atoms with E-state index in [2.05, 4.69) is 140 Å². The molecule has 0 fully saturated rings. The lowest BCUT2D eigenvalue weighted by Crippen LogP contribution is -2.54. The van der Waals surface area contributed by atoms with E-state index in [1.54, 1.807) is 11.3 Å². The number of aryl methyl sites for hydroxylation is 1. The van der Waals surface area contributed by atoms with Crippen LogP contribution in [-0.4, -0.2) is 67.1 Å². The second kappa shape index (κ2) is 20.6. The summed E-state index contributed by atoms with van der Waals surface area (Å²) in [6, 6.07) is 0. The summed E-state index contributed by atoms with van der Waals surface area (Å²) in [5.74, 6) is -0.542. The predicted octanol–water partition coefficient (Wildman–Crippen LogP) is 14.0. The fraction of sp³-hybridized carbons (Fsp3) is 0.804. The Morgan fingerprint density at radius 1 is 0.807 bits per heavy atom. The molecule has 0 bridgehead atoms. The molecule has 0 aromatic carbocycles. The minimum atomic E-state index is -2.34. The van der Waals surface area contributed by atoms with Gasteiger partial charge in [-0.1, -0.05) is 102 Å². The molecule has 0 radical (unpaired) electrons.